The number of halogens is 3. The summed E-state index contributed by atoms with van der Waals surface area (Å²) in [5.41, 5.74) is 6.34. The first kappa shape index (κ1) is 11.4. The van der Waals surface area contributed by atoms with E-state index in [-0.39, 0.29) is 12.4 Å². The monoisotopic (exact) mass is 304 g/mol. The highest BCUT2D eigenvalue weighted by molar-refractivity contribution is 14.1. The summed E-state index contributed by atoms with van der Waals surface area (Å²) < 4.78 is 1.07. The van der Waals surface area contributed by atoms with Gasteiger partial charge >= 0.3 is 0 Å². The van der Waals surface area contributed by atoms with Gasteiger partial charge in [0.15, 0.2) is 0 Å². The van der Waals surface area contributed by atoms with E-state index >= 15 is 0 Å². The van der Waals surface area contributed by atoms with E-state index in [2.05, 4.69) is 27.6 Å². The molecule has 0 atom stereocenters. The SMILES string of the molecule is Cl.NCc1c(I)ccnc1Cl. The molecule has 1 aromatic heterocycles. The van der Waals surface area contributed by atoms with Crippen LogP contribution < -0.4 is 5.73 Å². The Kier molecular flexibility index (Phi) is 5.33. The van der Waals surface area contributed by atoms with E-state index in [4.69, 9.17) is 17.3 Å². The Morgan fingerprint density at radius 1 is 1.64 bits per heavy atom. The van der Waals surface area contributed by atoms with Crippen molar-refractivity contribution in [3.63, 3.8) is 0 Å². The Balaban J connectivity index is 0.000001000. The van der Waals surface area contributed by atoms with Gasteiger partial charge in [-0.3, -0.25) is 0 Å². The Morgan fingerprint density at radius 2 is 2.27 bits per heavy atom. The molecule has 0 radical (unpaired) electrons. The fourth-order valence-corrected chi connectivity index (χ4v) is 1.66. The third-order valence-corrected chi connectivity index (χ3v) is 2.49. The van der Waals surface area contributed by atoms with E-state index in [1.807, 2.05) is 6.07 Å². The van der Waals surface area contributed by atoms with Gasteiger partial charge in [-0.2, -0.15) is 0 Å². The first-order valence-corrected chi connectivity index (χ1v) is 4.20. The summed E-state index contributed by atoms with van der Waals surface area (Å²) in [6.45, 7) is 0.449. The minimum absolute atomic E-state index is 0. The highest BCUT2D eigenvalue weighted by Gasteiger charge is 2.01. The first-order chi connectivity index (χ1) is 4.75. The van der Waals surface area contributed by atoms with Crippen LogP contribution in [-0.2, 0) is 6.54 Å². The summed E-state index contributed by atoms with van der Waals surface area (Å²) in [5, 5.41) is 0.509. The van der Waals surface area contributed by atoms with Crippen molar-refractivity contribution in [3.05, 3.63) is 26.5 Å². The van der Waals surface area contributed by atoms with Crippen LogP contribution in [0.5, 0.6) is 0 Å². The largest absolute Gasteiger partial charge is 0.326 e. The van der Waals surface area contributed by atoms with Crippen molar-refractivity contribution in [1.29, 1.82) is 0 Å². The van der Waals surface area contributed by atoms with Gasteiger partial charge in [-0.15, -0.1) is 12.4 Å². The normalized spacial score (nSPS) is 9.00. The second-order valence-corrected chi connectivity index (χ2v) is 3.29. The zero-order valence-electron chi connectivity index (χ0n) is 5.55. The van der Waals surface area contributed by atoms with Crippen molar-refractivity contribution in [2.24, 2.45) is 5.73 Å². The number of nitrogens with zero attached hydrogens (tertiary/aromatic N) is 1. The fraction of sp³-hybridized carbons (Fsp3) is 0.167. The highest BCUT2D eigenvalue weighted by atomic mass is 127. The summed E-state index contributed by atoms with van der Waals surface area (Å²) in [6.07, 6.45) is 1.67. The molecule has 0 saturated carbocycles. The van der Waals surface area contributed by atoms with Crippen LogP contribution in [-0.4, -0.2) is 4.98 Å². The average Bonchev–Trinajstić information content (AvgIpc) is 1.88. The minimum Gasteiger partial charge on any atom is -0.326 e. The van der Waals surface area contributed by atoms with Gasteiger partial charge in [0.05, 0.1) is 0 Å². The van der Waals surface area contributed by atoms with Crippen molar-refractivity contribution in [1.82, 2.24) is 4.98 Å². The number of pyridine rings is 1. The number of nitrogens with two attached hydrogens (primary N) is 1. The molecule has 62 valence electrons. The molecule has 0 bridgehead atoms. The maximum absolute atomic E-state index is 5.73. The van der Waals surface area contributed by atoms with Crippen molar-refractivity contribution < 1.29 is 0 Å². The Labute approximate surface area is 90.1 Å². The highest BCUT2D eigenvalue weighted by Crippen LogP contribution is 2.17. The molecular weight excluding hydrogens is 298 g/mol. The molecule has 5 heteroatoms. The molecule has 0 spiro atoms. The molecule has 0 aliphatic rings. The molecule has 0 saturated heterocycles. The zero-order valence-corrected chi connectivity index (χ0v) is 9.28. The van der Waals surface area contributed by atoms with Gasteiger partial charge in [0.2, 0.25) is 0 Å². The predicted molar refractivity (Wildman–Crippen MR) is 57.1 cm³/mol. The molecule has 11 heavy (non-hydrogen) atoms. The van der Waals surface area contributed by atoms with E-state index < -0.39 is 0 Å². The third kappa shape index (κ3) is 2.74. The van der Waals surface area contributed by atoms with E-state index in [1.54, 1.807) is 6.20 Å². The molecule has 0 unspecified atom stereocenters. The van der Waals surface area contributed by atoms with Crippen molar-refractivity contribution in [3.8, 4) is 0 Å². The van der Waals surface area contributed by atoms with Crippen LogP contribution in [0, 0.1) is 3.57 Å². The number of aromatic nitrogens is 1. The van der Waals surface area contributed by atoms with E-state index in [0.717, 1.165) is 9.13 Å². The van der Waals surface area contributed by atoms with Crippen molar-refractivity contribution in [2.45, 2.75) is 6.54 Å². The van der Waals surface area contributed by atoms with E-state index in [1.165, 1.54) is 0 Å². The standard InChI is InChI=1S/C6H6ClIN2.ClH/c7-6-4(3-9)5(8)1-2-10-6;/h1-2H,3,9H2;1H. The number of rotatable bonds is 1. The average molecular weight is 305 g/mol. The first-order valence-electron chi connectivity index (χ1n) is 2.74. The summed E-state index contributed by atoms with van der Waals surface area (Å²) >= 11 is 7.92. The lowest BCUT2D eigenvalue weighted by Gasteiger charge is -2.00. The van der Waals surface area contributed by atoms with Gasteiger partial charge in [-0.25, -0.2) is 4.98 Å². The molecule has 0 aliphatic carbocycles. The lowest BCUT2D eigenvalue weighted by Crippen LogP contribution is -2.00. The summed E-state index contributed by atoms with van der Waals surface area (Å²) in [4.78, 5) is 3.89. The van der Waals surface area contributed by atoms with Crippen LogP contribution in [0.4, 0.5) is 0 Å². The summed E-state index contributed by atoms with van der Waals surface area (Å²) in [6, 6.07) is 1.88. The van der Waals surface area contributed by atoms with E-state index in [9.17, 15) is 0 Å². The predicted octanol–water partition coefficient (Wildman–Crippen LogP) is 2.22. The minimum atomic E-state index is 0. The molecule has 0 aliphatic heterocycles. The smallest absolute Gasteiger partial charge is 0.134 e. The number of hydrogen-bond donors (Lipinski definition) is 1. The Hall–Kier alpha value is 0.420. The third-order valence-electron chi connectivity index (χ3n) is 1.15. The van der Waals surface area contributed by atoms with Gasteiger partial charge in [-0.05, 0) is 28.7 Å². The molecule has 2 nitrogen and oxygen atoms in total. The molecule has 2 N–H and O–H groups in total. The quantitative estimate of drug-likeness (QED) is 0.638. The van der Waals surface area contributed by atoms with Crippen molar-refractivity contribution >= 4 is 46.6 Å². The molecule has 1 heterocycles. The molecular formula is C6H7Cl2IN2. The summed E-state index contributed by atoms with van der Waals surface area (Å²) in [7, 11) is 0. The van der Waals surface area contributed by atoms with Crippen LogP contribution in [0.25, 0.3) is 0 Å². The lowest BCUT2D eigenvalue weighted by molar-refractivity contribution is 1.04. The molecule has 0 fully saturated rings. The maximum atomic E-state index is 5.73. The Bertz CT molecular complexity index is 222. The molecule has 0 aromatic carbocycles. The Morgan fingerprint density at radius 3 is 2.64 bits per heavy atom. The van der Waals surface area contributed by atoms with Crippen LogP contribution in [0.2, 0.25) is 5.15 Å². The second kappa shape index (κ2) is 5.13. The van der Waals surface area contributed by atoms with E-state index in [0.29, 0.717) is 11.7 Å². The van der Waals surface area contributed by atoms with Gasteiger partial charge in [0.1, 0.15) is 5.15 Å². The van der Waals surface area contributed by atoms with Crippen molar-refractivity contribution in [2.75, 3.05) is 0 Å². The maximum Gasteiger partial charge on any atom is 0.134 e. The van der Waals surface area contributed by atoms with Gasteiger partial charge < -0.3 is 5.73 Å². The van der Waals surface area contributed by atoms with Gasteiger partial charge in [0, 0.05) is 21.9 Å². The lowest BCUT2D eigenvalue weighted by atomic mass is 10.3. The van der Waals surface area contributed by atoms with Gasteiger partial charge in [-0.1, -0.05) is 11.6 Å². The van der Waals surface area contributed by atoms with Crippen LogP contribution in [0.1, 0.15) is 5.56 Å². The molecule has 0 amide bonds. The zero-order chi connectivity index (χ0) is 7.56. The molecule has 1 rings (SSSR count). The van der Waals surface area contributed by atoms with Gasteiger partial charge in [0.25, 0.3) is 0 Å². The number of hydrogen-bond acceptors (Lipinski definition) is 2. The second-order valence-electron chi connectivity index (χ2n) is 1.77. The van der Waals surface area contributed by atoms with Crippen LogP contribution in [0.3, 0.4) is 0 Å². The fourth-order valence-electron chi connectivity index (χ4n) is 0.627. The summed E-state index contributed by atoms with van der Waals surface area (Å²) in [5.74, 6) is 0. The molecule has 1 aromatic rings. The van der Waals surface area contributed by atoms with Crippen LogP contribution >= 0.6 is 46.6 Å². The topological polar surface area (TPSA) is 38.9 Å². The van der Waals surface area contributed by atoms with Crippen LogP contribution in [0.15, 0.2) is 12.3 Å².